The summed E-state index contributed by atoms with van der Waals surface area (Å²) in [6, 6.07) is 5.48. The summed E-state index contributed by atoms with van der Waals surface area (Å²) in [7, 11) is 0. The van der Waals surface area contributed by atoms with Crippen LogP contribution in [0.4, 0.5) is 14.9 Å². The largest absolute Gasteiger partial charge is 0.335 e. The number of halogens is 1. The van der Waals surface area contributed by atoms with Gasteiger partial charge in [0.05, 0.1) is 6.54 Å². The van der Waals surface area contributed by atoms with Crippen molar-refractivity contribution in [2.45, 2.75) is 38.1 Å². The molecule has 0 heterocycles. The quantitative estimate of drug-likeness (QED) is 0.797. The summed E-state index contributed by atoms with van der Waals surface area (Å²) in [6.07, 6.45) is 5.46. The second kappa shape index (κ2) is 7.61. The Hall–Kier alpha value is -2.11. The summed E-state index contributed by atoms with van der Waals surface area (Å²) in [5.74, 6) is -0.810. The van der Waals surface area contributed by atoms with Gasteiger partial charge in [-0.05, 0) is 31.0 Å². The van der Waals surface area contributed by atoms with E-state index in [-0.39, 0.29) is 24.5 Å². The molecule has 2 rings (SSSR count). The Morgan fingerprint density at radius 2 is 1.95 bits per heavy atom. The Morgan fingerprint density at radius 3 is 2.67 bits per heavy atom. The molecule has 3 amide bonds. The number of hydrogen-bond donors (Lipinski definition) is 3. The first kappa shape index (κ1) is 15.3. The van der Waals surface area contributed by atoms with Gasteiger partial charge in [-0.1, -0.05) is 25.3 Å². The molecular weight excluding hydrogens is 273 g/mol. The summed E-state index contributed by atoms with van der Waals surface area (Å²) < 4.78 is 13.0. The zero-order valence-corrected chi connectivity index (χ0v) is 11.8. The van der Waals surface area contributed by atoms with E-state index < -0.39 is 5.82 Å². The number of amides is 3. The predicted molar refractivity (Wildman–Crippen MR) is 78.4 cm³/mol. The van der Waals surface area contributed by atoms with Gasteiger partial charge in [0.15, 0.2) is 0 Å². The minimum atomic E-state index is -0.421. The molecule has 0 atom stereocenters. The standard InChI is InChI=1S/C15H20FN3O2/c16-11-5-4-8-13(9-11)18-14(20)10-17-15(21)19-12-6-2-1-3-7-12/h4-5,8-9,12H,1-3,6-7,10H2,(H,18,20)(H2,17,19,21). The van der Waals surface area contributed by atoms with E-state index in [4.69, 9.17) is 0 Å². The van der Waals surface area contributed by atoms with Crippen LogP contribution in [-0.4, -0.2) is 24.5 Å². The zero-order valence-electron chi connectivity index (χ0n) is 11.8. The molecule has 0 saturated heterocycles. The van der Waals surface area contributed by atoms with E-state index in [1.165, 1.54) is 24.6 Å². The first-order valence-corrected chi connectivity index (χ1v) is 7.23. The maximum atomic E-state index is 13.0. The average molecular weight is 293 g/mol. The van der Waals surface area contributed by atoms with E-state index in [2.05, 4.69) is 16.0 Å². The highest BCUT2D eigenvalue weighted by molar-refractivity contribution is 5.94. The molecule has 1 aliphatic rings. The van der Waals surface area contributed by atoms with Crippen LogP contribution in [0.1, 0.15) is 32.1 Å². The lowest BCUT2D eigenvalue weighted by Crippen LogP contribution is -2.45. The van der Waals surface area contributed by atoms with Gasteiger partial charge >= 0.3 is 6.03 Å². The molecule has 1 aliphatic carbocycles. The van der Waals surface area contributed by atoms with Gasteiger partial charge in [0.1, 0.15) is 5.82 Å². The minimum absolute atomic E-state index is 0.144. The highest BCUT2D eigenvalue weighted by Crippen LogP contribution is 2.17. The molecule has 114 valence electrons. The van der Waals surface area contributed by atoms with Crippen LogP contribution in [0.2, 0.25) is 0 Å². The molecule has 1 saturated carbocycles. The van der Waals surface area contributed by atoms with Crippen molar-refractivity contribution in [3.05, 3.63) is 30.1 Å². The maximum absolute atomic E-state index is 13.0. The van der Waals surface area contributed by atoms with Gasteiger partial charge in [0.2, 0.25) is 5.91 Å². The molecular formula is C15H20FN3O2. The van der Waals surface area contributed by atoms with E-state index in [0.29, 0.717) is 5.69 Å². The Labute approximate surface area is 123 Å². The smallest absolute Gasteiger partial charge is 0.315 e. The molecule has 1 fully saturated rings. The normalized spacial score (nSPS) is 15.3. The molecule has 0 unspecified atom stereocenters. The van der Waals surface area contributed by atoms with Crippen LogP contribution in [0, 0.1) is 5.82 Å². The summed E-state index contributed by atoms with van der Waals surface area (Å²) in [6.45, 7) is -0.144. The van der Waals surface area contributed by atoms with E-state index in [1.54, 1.807) is 6.07 Å². The molecule has 0 spiro atoms. The second-order valence-electron chi connectivity index (χ2n) is 5.22. The van der Waals surface area contributed by atoms with Crippen molar-refractivity contribution in [3.8, 4) is 0 Å². The van der Waals surface area contributed by atoms with Crippen LogP contribution < -0.4 is 16.0 Å². The molecule has 21 heavy (non-hydrogen) atoms. The highest BCUT2D eigenvalue weighted by Gasteiger charge is 2.15. The van der Waals surface area contributed by atoms with Crippen LogP contribution in [0.25, 0.3) is 0 Å². The predicted octanol–water partition coefficient (Wildman–Crippen LogP) is 2.40. The Kier molecular flexibility index (Phi) is 5.54. The van der Waals surface area contributed by atoms with Crippen LogP contribution >= 0.6 is 0 Å². The lowest BCUT2D eigenvalue weighted by Gasteiger charge is -2.22. The number of nitrogens with one attached hydrogen (secondary N) is 3. The number of urea groups is 1. The fourth-order valence-electron chi connectivity index (χ4n) is 2.42. The number of carbonyl (C=O) groups excluding carboxylic acids is 2. The summed E-state index contributed by atoms with van der Waals surface area (Å²) >= 11 is 0. The number of benzene rings is 1. The number of hydrogen-bond acceptors (Lipinski definition) is 2. The molecule has 5 nitrogen and oxygen atoms in total. The topological polar surface area (TPSA) is 70.2 Å². The first-order chi connectivity index (χ1) is 10.1. The van der Waals surface area contributed by atoms with Crippen LogP contribution in [0.5, 0.6) is 0 Å². The molecule has 0 radical (unpaired) electrons. The molecule has 0 aromatic heterocycles. The van der Waals surface area contributed by atoms with E-state index in [0.717, 1.165) is 25.7 Å². The first-order valence-electron chi connectivity index (χ1n) is 7.23. The lowest BCUT2D eigenvalue weighted by molar-refractivity contribution is -0.115. The van der Waals surface area contributed by atoms with Crippen molar-refractivity contribution in [2.24, 2.45) is 0 Å². The molecule has 6 heteroatoms. The third-order valence-corrected chi connectivity index (χ3v) is 3.46. The van der Waals surface area contributed by atoms with Crippen molar-refractivity contribution in [3.63, 3.8) is 0 Å². The number of rotatable bonds is 4. The van der Waals surface area contributed by atoms with Crippen molar-refractivity contribution >= 4 is 17.6 Å². The third kappa shape index (κ3) is 5.41. The summed E-state index contributed by atoms with van der Waals surface area (Å²) in [4.78, 5) is 23.3. The lowest BCUT2D eigenvalue weighted by atomic mass is 9.96. The molecule has 0 aliphatic heterocycles. The Balaban J connectivity index is 1.69. The Bertz CT molecular complexity index is 501. The van der Waals surface area contributed by atoms with Gasteiger partial charge in [-0.3, -0.25) is 4.79 Å². The fourth-order valence-corrected chi connectivity index (χ4v) is 2.42. The van der Waals surface area contributed by atoms with Gasteiger partial charge < -0.3 is 16.0 Å². The van der Waals surface area contributed by atoms with Crippen LogP contribution in [-0.2, 0) is 4.79 Å². The van der Waals surface area contributed by atoms with Crippen molar-refractivity contribution in [2.75, 3.05) is 11.9 Å². The van der Waals surface area contributed by atoms with Crippen molar-refractivity contribution in [1.29, 1.82) is 0 Å². The Morgan fingerprint density at radius 1 is 1.19 bits per heavy atom. The van der Waals surface area contributed by atoms with Crippen molar-refractivity contribution < 1.29 is 14.0 Å². The van der Waals surface area contributed by atoms with Crippen molar-refractivity contribution in [1.82, 2.24) is 10.6 Å². The third-order valence-electron chi connectivity index (χ3n) is 3.46. The SMILES string of the molecule is O=C(CNC(=O)NC1CCCCC1)Nc1cccc(F)c1. The average Bonchev–Trinajstić information content (AvgIpc) is 2.46. The minimum Gasteiger partial charge on any atom is -0.335 e. The van der Waals surface area contributed by atoms with Gasteiger partial charge in [-0.15, -0.1) is 0 Å². The van der Waals surface area contributed by atoms with E-state index >= 15 is 0 Å². The molecule has 3 N–H and O–H groups in total. The summed E-state index contributed by atoms with van der Waals surface area (Å²) in [5, 5.41) is 7.89. The van der Waals surface area contributed by atoms with Gasteiger partial charge in [-0.2, -0.15) is 0 Å². The number of anilines is 1. The van der Waals surface area contributed by atoms with E-state index in [1.807, 2.05) is 0 Å². The van der Waals surface area contributed by atoms with Gasteiger partial charge in [0.25, 0.3) is 0 Å². The summed E-state index contributed by atoms with van der Waals surface area (Å²) in [5.41, 5.74) is 0.370. The molecule has 0 bridgehead atoms. The molecule has 1 aromatic rings. The zero-order chi connectivity index (χ0) is 15.1. The van der Waals surface area contributed by atoms with Crippen LogP contribution in [0.15, 0.2) is 24.3 Å². The number of carbonyl (C=O) groups is 2. The monoisotopic (exact) mass is 293 g/mol. The fraction of sp³-hybridized carbons (Fsp3) is 0.467. The molecule has 1 aromatic carbocycles. The van der Waals surface area contributed by atoms with Gasteiger partial charge in [0, 0.05) is 11.7 Å². The maximum Gasteiger partial charge on any atom is 0.315 e. The van der Waals surface area contributed by atoms with Crippen LogP contribution in [0.3, 0.4) is 0 Å². The highest BCUT2D eigenvalue weighted by atomic mass is 19.1. The second-order valence-corrected chi connectivity index (χ2v) is 5.22. The van der Waals surface area contributed by atoms with E-state index in [9.17, 15) is 14.0 Å². The van der Waals surface area contributed by atoms with Gasteiger partial charge in [-0.25, -0.2) is 9.18 Å².